The third-order valence-electron chi connectivity index (χ3n) is 5.27. The maximum Gasteiger partial charge on any atom is 0.110 e. The van der Waals surface area contributed by atoms with Crippen LogP contribution in [0.3, 0.4) is 0 Å². The summed E-state index contributed by atoms with van der Waals surface area (Å²) in [6.45, 7) is 6.13. The van der Waals surface area contributed by atoms with E-state index in [4.69, 9.17) is 4.98 Å². The van der Waals surface area contributed by atoms with Gasteiger partial charge in [0, 0.05) is 25.0 Å². The van der Waals surface area contributed by atoms with E-state index in [9.17, 15) is 5.11 Å². The summed E-state index contributed by atoms with van der Waals surface area (Å²) in [4.78, 5) is 9.58. The van der Waals surface area contributed by atoms with Gasteiger partial charge < -0.3 is 5.11 Å². The summed E-state index contributed by atoms with van der Waals surface area (Å²) in [6, 6.07) is 10.6. The molecule has 0 spiro atoms. The smallest absolute Gasteiger partial charge is 0.110 e. The Kier molecular flexibility index (Phi) is 4.68. The lowest BCUT2D eigenvalue weighted by Gasteiger charge is -2.37. The lowest BCUT2D eigenvalue weighted by Crippen LogP contribution is -2.42. The molecule has 0 bridgehead atoms. The molecule has 5 heteroatoms. The topological polar surface area (TPSA) is 39.6 Å². The lowest BCUT2D eigenvalue weighted by atomic mass is 9.88. The Bertz CT molecular complexity index is 660. The van der Waals surface area contributed by atoms with Gasteiger partial charge in [0.05, 0.1) is 12.2 Å². The van der Waals surface area contributed by atoms with E-state index in [2.05, 4.69) is 45.5 Å². The first-order chi connectivity index (χ1) is 11.7. The molecular weight excluding hydrogens is 318 g/mol. The van der Waals surface area contributed by atoms with E-state index < -0.39 is 5.60 Å². The van der Waals surface area contributed by atoms with Crippen LogP contribution in [0.5, 0.6) is 0 Å². The van der Waals surface area contributed by atoms with Crippen LogP contribution < -0.4 is 0 Å². The number of thiazole rings is 1. The van der Waals surface area contributed by atoms with Gasteiger partial charge in [-0.1, -0.05) is 30.3 Å². The first kappa shape index (κ1) is 16.2. The van der Waals surface area contributed by atoms with Gasteiger partial charge in [-0.15, -0.1) is 11.3 Å². The fourth-order valence-corrected chi connectivity index (χ4v) is 4.44. The predicted molar refractivity (Wildman–Crippen MR) is 96.9 cm³/mol. The first-order valence-corrected chi connectivity index (χ1v) is 9.75. The molecule has 1 aromatic heterocycles. The van der Waals surface area contributed by atoms with Crippen molar-refractivity contribution in [2.45, 2.75) is 38.0 Å². The maximum atomic E-state index is 11.0. The molecule has 0 atom stereocenters. The maximum absolute atomic E-state index is 11.0. The lowest BCUT2D eigenvalue weighted by molar-refractivity contribution is -0.0308. The van der Waals surface area contributed by atoms with Gasteiger partial charge in [0.1, 0.15) is 10.6 Å². The van der Waals surface area contributed by atoms with Gasteiger partial charge in [-0.05, 0) is 37.9 Å². The molecule has 2 aliphatic rings. The van der Waals surface area contributed by atoms with Crippen molar-refractivity contribution in [1.82, 2.24) is 14.8 Å². The van der Waals surface area contributed by atoms with Gasteiger partial charge in [0.15, 0.2) is 0 Å². The Hall–Kier alpha value is -1.27. The Morgan fingerprint density at radius 1 is 1.00 bits per heavy atom. The SMILES string of the molecule is OC1(c2csc(CN3CCC3)n2)CCN(Cc2ccccc2)CC1. The fourth-order valence-electron chi connectivity index (χ4n) is 3.51. The number of benzene rings is 1. The highest BCUT2D eigenvalue weighted by Gasteiger charge is 2.36. The van der Waals surface area contributed by atoms with Crippen LogP contribution >= 0.6 is 11.3 Å². The van der Waals surface area contributed by atoms with E-state index in [1.807, 2.05) is 0 Å². The van der Waals surface area contributed by atoms with Crippen LogP contribution in [0.25, 0.3) is 0 Å². The number of rotatable bonds is 5. The van der Waals surface area contributed by atoms with E-state index in [0.29, 0.717) is 0 Å². The second-order valence-corrected chi connectivity index (χ2v) is 7.99. The fraction of sp³-hybridized carbons (Fsp3) is 0.526. The van der Waals surface area contributed by atoms with Crippen LogP contribution in [0.1, 0.15) is 35.5 Å². The van der Waals surface area contributed by atoms with Gasteiger partial charge in [-0.3, -0.25) is 9.80 Å². The van der Waals surface area contributed by atoms with E-state index >= 15 is 0 Å². The zero-order valence-electron chi connectivity index (χ0n) is 14.0. The van der Waals surface area contributed by atoms with Gasteiger partial charge in [-0.25, -0.2) is 4.98 Å². The van der Waals surface area contributed by atoms with Crippen molar-refractivity contribution in [3.8, 4) is 0 Å². The largest absolute Gasteiger partial charge is 0.383 e. The van der Waals surface area contributed by atoms with Crippen molar-refractivity contribution in [3.05, 3.63) is 52.0 Å². The highest BCUT2D eigenvalue weighted by atomic mass is 32.1. The summed E-state index contributed by atoms with van der Waals surface area (Å²) in [5.41, 5.74) is 1.49. The minimum Gasteiger partial charge on any atom is -0.383 e. The number of aliphatic hydroxyl groups is 1. The molecule has 0 saturated carbocycles. The van der Waals surface area contributed by atoms with Gasteiger partial charge in [0.25, 0.3) is 0 Å². The molecule has 0 radical (unpaired) electrons. The van der Waals surface area contributed by atoms with Crippen molar-refractivity contribution in [1.29, 1.82) is 0 Å². The van der Waals surface area contributed by atoms with Crippen molar-refractivity contribution in [2.75, 3.05) is 26.2 Å². The Morgan fingerprint density at radius 2 is 1.71 bits per heavy atom. The second-order valence-electron chi connectivity index (χ2n) is 7.05. The molecule has 0 aliphatic carbocycles. The summed E-state index contributed by atoms with van der Waals surface area (Å²) < 4.78 is 0. The zero-order valence-corrected chi connectivity index (χ0v) is 14.8. The van der Waals surface area contributed by atoms with E-state index in [1.165, 1.54) is 25.1 Å². The number of likely N-dealkylation sites (tertiary alicyclic amines) is 2. The molecule has 2 saturated heterocycles. The molecule has 128 valence electrons. The summed E-state index contributed by atoms with van der Waals surface area (Å²) in [5.74, 6) is 0. The third-order valence-corrected chi connectivity index (χ3v) is 6.10. The Morgan fingerprint density at radius 3 is 2.38 bits per heavy atom. The zero-order chi connectivity index (χ0) is 16.4. The number of hydrogen-bond acceptors (Lipinski definition) is 5. The monoisotopic (exact) mass is 343 g/mol. The van der Waals surface area contributed by atoms with Crippen LogP contribution in [0.2, 0.25) is 0 Å². The summed E-state index contributed by atoms with van der Waals surface area (Å²) in [7, 11) is 0. The van der Waals surface area contributed by atoms with Gasteiger partial charge in [0.2, 0.25) is 0 Å². The number of hydrogen-bond donors (Lipinski definition) is 1. The molecule has 3 heterocycles. The molecule has 2 aromatic rings. The molecule has 2 fully saturated rings. The quantitative estimate of drug-likeness (QED) is 0.906. The Balaban J connectivity index is 1.35. The number of piperidine rings is 1. The molecule has 0 amide bonds. The molecule has 4 rings (SSSR count). The highest BCUT2D eigenvalue weighted by molar-refractivity contribution is 7.09. The summed E-state index contributed by atoms with van der Waals surface area (Å²) in [5, 5.41) is 14.3. The van der Waals surface area contributed by atoms with Crippen LogP contribution in [0, 0.1) is 0 Å². The molecule has 4 nitrogen and oxygen atoms in total. The average molecular weight is 343 g/mol. The first-order valence-electron chi connectivity index (χ1n) is 8.87. The Labute approximate surface area is 147 Å². The van der Waals surface area contributed by atoms with Crippen LogP contribution in [0.4, 0.5) is 0 Å². The molecule has 2 aliphatic heterocycles. The molecule has 1 aromatic carbocycles. The van der Waals surface area contributed by atoms with Crippen molar-refractivity contribution >= 4 is 11.3 Å². The second kappa shape index (κ2) is 6.92. The predicted octanol–water partition coefficient (Wildman–Crippen LogP) is 2.83. The molecule has 0 unspecified atom stereocenters. The van der Waals surface area contributed by atoms with E-state index in [-0.39, 0.29) is 0 Å². The van der Waals surface area contributed by atoms with Crippen LogP contribution in [-0.4, -0.2) is 46.1 Å². The van der Waals surface area contributed by atoms with Crippen LogP contribution in [-0.2, 0) is 18.7 Å². The summed E-state index contributed by atoms with van der Waals surface area (Å²) >= 11 is 1.70. The number of aromatic nitrogens is 1. The standard InChI is InChI=1S/C19H25N3OS/c23-19(17-15-24-18(20-17)14-21-9-4-10-21)7-11-22(12-8-19)13-16-5-2-1-3-6-16/h1-3,5-6,15,23H,4,7-14H2. The molecule has 1 N–H and O–H groups in total. The minimum absolute atomic E-state index is 0.739. The normalized spacial score (nSPS) is 21.5. The highest BCUT2D eigenvalue weighted by Crippen LogP contribution is 2.34. The number of nitrogens with zero attached hydrogens (tertiary/aromatic N) is 3. The molecule has 24 heavy (non-hydrogen) atoms. The van der Waals surface area contributed by atoms with E-state index in [1.54, 1.807) is 11.3 Å². The average Bonchev–Trinajstić information content (AvgIpc) is 3.04. The van der Waals surface area contributed by atoms with Crippen molar-refractivity contribution in [3.63, 3.8) is 0 Å². The van der Waals surface area contributed by atoms with Crippen molar-refractivity contribution < 1.29 is 5.11 Å². The molecular formula is C19H25N3OS. The third kappa shape index (κ3) is 3.54. The minimum atomic E-state index is -0.739. The van der Waals surface area contributed by atoms with Gasteiger partial charge in [-0.2, -0.15) is 0 Å². The van der Waals surface area contributed by atoms with Gasteiger partial charge >= 0.3 is 0 Å². The van der Waals surface area contributed by atoms with E-state index in [0.717, 1.165) is 49.7 Å². The van der Waals surface area contributed by atoms with Crippen LogP contribution in [0.15, 0.2) is 35.7 Å². The summed E-state index contributed by atoms with van der Waals surface area (Å²) in [6.07, 6.45) is 2.85. The van der Waals surface area contributed by atoms with Crippen molar-refractivity contribution in [2.24, 2.45) is 0 Å².